The van der Waals surface area contributed by atoms with Crippen molar-refractivity contribution >= 4 is 23.5 Å². The molecule has 3 heterocycles. The van der Waals surface area contributed by atoms with Crippen LogP contribution in [-0.4, -0.2) is 64.1 Å². The summed E-state index contributed by atoms with van der Waals surface area (Å²) in [5, 5.41) is 10.3. The number of likely N-dealkylation sites (tertiary alicyclic amines) is 2. The highest BCUT2D eigenvalue weighted by Crippen LogP contribution is 2.42. The van der Waals surface area contributed by atoms with Crippen LogP contribution in [0.5, 0.6) is 0 Å². The number of fused-ring (bicyclic) bond motifs is 1. The van der Waals surface area contributed by atoms with Gasteiger partial charge in [0.1, 0.15) is 5.69 Å². The second-order valence-electron chi connectivity index (χ2n) is 6.72. The van der Waals surface area contributed by atoms with Crippen molar-refractivity contribution in [2.45, 2.75) is 25.3 Å². The summed E-state index contributed by atoms with van der Waals surface area (Å²) >= 11 is 5.97. The highest BCUT2D eigenvalue weighted by atomic mass is 35.5. The Labute approximate surface area is 140 Å². The van der Waals surface area contributed by atoms with Gasteiger partial charge in [0.15, 0.2) is 0 Å². The Bertz CT molecular complexity index is 645. The van der Waals surface area contributed by atoms with Crippen LogP contribution >= 0.6 is 11.6 Å². The predicted molar refractivity (Wildman–Crippen MR) is 86.7 cm³/mol. The molecule has 2 aliphatic heterocycles. The number of carbonyl (C=O) groups is 2. The van der Waals surface area contributed by atoms with Gasteiger partial charge in [0, 0.05) is 32.4 Å². The molecule has 1 N–H and O–H groups in total. The van der Waals surface area contributed by atoms with Crippen molar-refractivity contribution in [1.82, 2.24) is 14.4 Å². The second kappa shape index (κ2) is 5.83. The van der Waals surface area contributed by atoms with Gasteiger partial charge in [0.05, 0.1) is 10.4 Å². The molecule has 126 valence electrons. The smallest absolute Gasteiger partial charge is 0.311 e. The van der Waals surface area contributed by atoms with E-state index in [1.807, 2.05) is 7.05 Å². The molecule has 0 aromatic carbocycles. The average molecular weight is 340 g/mol. The lowest BCUT2D eigenvalue weighted by atomic mass is 9.68. The van der Waals surface area contributed by atoms with Crippen molar-refractivity contribution < 1.29 is 14.7 Å². The molecule has 1 aromatic rings. The van der Waals surface area contributed by atoms with Crippen LogP contribution in [-0.2, 0) is 11.8 Å². The van der Waals surface area contributed by atoms with Gasteiger partial charge in [-0.15, -0.1) is 0 Å². The van der Waals surface area contributed by atoms with Gasteiger partial charge in [-0.05, 0) is 38.9 Å². The quantitative estimate of drug-likeness (QED) is 0.890. The molecular weight excluding hydrogens is 318 g/mol. The lowest BCUT2D eigenvalue weighted by Crippen LogP contribution is -2.63. The fourth-order valence-corrected chi connectivity index (χ4v) is 4.32. The first kappa shape index (κ1) is 16.3. The summed E-state index contributed by atoms with van der Waals surface area (Å²) in [6.07, 6.45) is 3.78. The molecular formula is C16H22ClN3O3. The molecule has 0 unspecified atom stereocenters. The van der Waals surface area contributed by atoms with Gasteiger partial charge >= 0.3 is 5.97 Å². The normalized spacial score (nSPS) is 28.5. The monoisotopic (exact) mass is 339 g/mol. The van der Waals surface area contributed by atoms with Gasteiger partial charge < -0.3 is 19.5 Å². The topological polar surface area (TPSA) is 65.8 Å². The van der Waals surface area contributed by atoms with E-state index in [0.29, 0.717) is 36.6 Å². The minimum Gasteiger partial charge on any atom is -0.481 e. The highest BCUT2D eigenvalue weighted by Gasteiger charge is 2.52. The number of hydrogen-bond donors (Lipinski definition) is 1. The minimum atomic E-state index is -0.733. The van der Waals surface area contributed by atoms with E-state index in [1.54, 1.807) is 28.8 Å². The third-order valence-corrected chi connectivity index (χ3v) is 5.64. The van der Waals surface area contributed by atoms with Gasteiger partial charge in [-0.1, -0.05) is 11.6 Å². The van der Waals surface area contributed by atoms with Crippen molar-refractivity contribution in [3.63, 3.8) is 0 Å². The number of hydrogen-bond acceptors (Lipinski definition) is 3. The average Bonchev–Trinajstić information content (AvgIpc) is 2.85. The Morgan fingerprint density at radius 2 is 2.04 bits per heavy atom. The lowest BCUT2D eigenvalue weighted by Gasteiger charge is -2.51. The minimum absolute atomic E-state index is 0.0858. The van der Waals surface area contributed by atoms with Crippen molar-refractivity contribution in [3.8, 4) is 0 Å². The van der Waals surface area contributed by atoms with Crippen LogP contribution in [0.15, 0.2) is 12.3 Å². The van der Waals surface area contributed by atoms with Crippen LogP contribution in [0.25, 0.3) is 0 Å². The van der Waals surface area contributed by atoms with E-state index in [0.717, 1.165) is 13.0 Å². The summed E-state index contributed by atoms with van der Waals surface area (Å²) in [6.45, 7) is 1.79. The van der Waals surface area contributed by atoms with Crippen molar-refractivity contribution in [3.05, 3.63) is 23.0 Å². The Kier molecular flexibility index (Phi) is 4.14. The number of aromatic nitrogens is 1. The van der Waals surface area contributed by atoms with Crippen LogP contribution in [0.3, 0.4) is 0 Å². The second-order valence-corrected chi connectivity index (χ2v) is 7.15. The largest absolute Gasteiger partial charge is 0.481 e. The first-order valence-electron chi connectivity index (χ1n) is 7.90. The van der Waals surface area contributed by atoms with Gasteiger partial charge in [-0.25, -0.2) is 0 Å². The Hall–Kier alpha value is -1.53. The lowest BCUT2D eigenvalue weighted by molar-refractivity contribution is -0.161. The Balaban J connectivity index is 1.84. The van der Waals surface area contributed by atoms with Crippen LogP contribution in [0.1, 0.15) is 29.8 Å². The number of aryl methyl sites for hydroxylation is 1. The number of nitrogens with zero attached hydrogens (tertiary/aromatic N) is 3. The number of piperidine rings is 2. The van der Waals surface area contributed by atoms with Gasteiger partial charge in [-0.3, -0.25) is 9.59 Å². The number of amides is 1. The molecule has 23 heavy (non-hydrogen) atoms. The molecule has 2 saturated heterocycles. The molecule has 0 aliphatic carbocycles. The molecule has 3 rings (SSSR count). The van der Waals surface area contributed by atoms with E-state index >= 15 is 0 Å². The van der Waals surface area contributed by atoms with E-state index < -0.39 is 11.4 Å². The molecule has 1 amide bonds. The van der Waals surface area contributed by atoms with Gasteiger partial charge in [-0.2, -0.15) is 0 Å². The summed E-state index contributed by atoms with van der Waals surface area (Å²) in [5.41, 5.74) is -0.188. The van der Waals surface area contributed by atoms with Crippen LogP contribution in [0.4, 0.5) is 0 Å². The molecule has 0 bridgehead atoms. The SMILES string of the molecule is CN1CCC[C@]2(C(=O)O)CCN(C(=O)c3cc(Cl)cn3C)C[C@@H]12. The first-order valence-corrected chi connectivity index (χ1v) is 8.28. The van der Waals surface area contributed by atoms with E-state index in [4.69, 9.17) is 11.6 Å². The van der Waals surface area contributed by atoms with E-state index in [1.165, 1.54) is 0 Å². The number of halogens is 1. The maximum atomic E-state index is 12.8. The number of aliphatic carboxylic acids is 1. The number of carboxylic acid groups (broad SMARTS) is 1. The predicted octanol–water partition coefficient (Wildman–Crippen LogP) is 1.69. The standard InChI is InChI=1S/C16H22ClN3O3/c1-18-6-3-4-16(15(22)23)5-7-20(10-13(16)18)14(21)12-8-11(17)9-19(12)2/h8-9,13H,3-7,10H2,1-2H3,(H,22,23)/t13-,16+/m1/s1. The zero-order chi connectivity index (χ0) is 16.8. The van der Waals surface area contributed by atoms with Crippen molar-refractivity contribution in [2.24, 2.45) is 12.5 Å². The molecule has 0 radical (unpaired) electrons. The number of carboxylic acids is 1. The summed E-state index contributed by atoms with van der Waals surface area (Å²) in [6, 6.07) is 1.52. The van der Waals surface area contributed by atoms with Crippen molar-refractivity contribution in [1.29, 1.82) is 0 Å². The third kappa shape index (κ3) is 2.64. The summed E-state index contributed by atoms with van der Waals surface area (Å²) in [5.74, 6) is -0.819. The molecule has 2 atom stereocenters. The molecule has 0 spiro atoms. The Morgan fingerprint density at radius 3 is 2.65 bits per heavy atom. The maximum absolute atomic E-state index is 12.8. The summed E-state index contributed by atoms with van der Waals surface area (Å²) < 4.78 is 1.72. The molecule has 7 heteroatoms. The number of likely N-dealkylation sites (N-methyl/N-ethyl adjacent to an activating group) is 1. The maximum Gasteiger partial charge on any atom is 0.311 e. The van der Waals surface area contributed by atoms with E-state index in [2.05, 4.69) is 4.90 Å². The Morgan fingerprint density at radius 1 is 1.30 bits per heavy atom. The highest BCUT2D eigenvalue weighted by molar-refractivity contribution is 6.31. The molecule has 2 fully saturated rings. The molecule has 0 saturated carbocycles. The van der Waals surface area contributed by atoms with Crippen molar-refractivity contribution in [2.75, 3.05) is 26.7 Å². The third-order valence-electron chi connectivity index (χ3n) is 5.43. The van der Waals surface area contributed by atoms with Crippen LogP contribution in [0.2, 0.25) is 5.02 Å². The van der Waals surface area contributed by atoms with E-state index in [9.17, 15) is 14.7 Å². The van der Waals surface area contributed by atoms with Gasteiger partial charge in [0.25, 0.3) is 5.91 Å². The van der Waals surface area contributed by atoms with Crippen LogP contribution < -0.4 is 0 Å². The molecule has 6 nitrogen and oxygen atoms in total. The summed E-state index contributed by atoms with van der Waals surface area (Å²) in [7, 11) is 3.74. The number of rotatable bonds is 2. The summed E-state index contributed by atoms with van der Waals surface area (Å²) in [4.78, 5) is 28.5. The number of carbonyl (C=O) groups excluding carboxylic acids is 1. The zero-order valence-corrected chi connectivity index (χ0v) is 14.2. The zero-order valence-electron chi connectivity index (χ0n) is 13.5. The molecule has 1 aromatic heterocycles. The fraction of sp³-hybridized carbons (Fsp3) is 0.625. The van der Waals surface area contributed by atoms with E-state index in [-0.39, 0.29) is 11.9 Å². The first-order chi connectivity index (χ1) is 10.8. The fourth-order valence-electron chi connectivity index (χ4n) is 4.07. The van der Waals surface area contributed by atoms with Crippen LogP contribution in [0, 0.1) is 5.41 Å². The molecule has 2 aliphatic rings. The van der Waals surface area contributed by atoms with Gasteiger partial charge in [0.2, 0.25) is 0 Å².